The van der Waals surface area contributed by atoms with Gasteiger partial charge in [-0.1, -0.05) is 18.2 Å². The van der Waals surface area contributed by atoms with Gasteiger partial charge in [-0.2, -0.15) is 0 Å². The number of H-pyrrole nitrogens is 1. The molecule has 1 atom stereocenters. The summed E-state index contributed by atoms with van der Waals surface area (Å²) < 4.78 is 10.2. The Morgan fingerprint density at radius 3 is 2.68 bits per heavy atom. The molecule has 37 heavy (non-hydrogen) atoms. The molecule has 4 rings (SSSR count). The molecule has 1 amide bonds. The van der Waals surface area contributed by atoms with E-state index >= 15 is 0 Å². The van der Waals surface area contributed by atoms with Gasteiger partial charge in [-0.15, -0.1) is 0 Å². The second-order valence-corrected chi connectivity index (χ2v) is 8.03. The van der Waals surface area contributed by atoms with Crippen LogP contribution in [0.15, 0.2) is 58.3 Å². The Morgan fingerprint density at radius 1 is 1.19 bits per heavy atom. The van der Waals surface area contributed by atoms with E-state index in [1.807, 2.05) is 12.2 Å². The number of carboxylic acids is 1. The van der Waals surface area contributed by atoms with Crippen molar-refractivity contribution in [3.8, 4) is 11.5 Å². The van der Waals surface area contributed by atoms with Gasteiger partial charge in [-0.25, -0.2) is 14.6 Å². The topological polar surface area (TPSA) is 167 Å². The Kier molecular flexibility index (Phi) is 7.98. The summed E-state index contributed by atoms with van der Waals surface area (Å²) in [7, 11) is 1.51. The molecule has 3 aromatic rings. The Labute approximate surface area is 211 Å². The molecule has 2 aromatic carbocycles. The van der Waals surface area contributed by atoms with Gasteiger partial charge in [-0.05, 0) is 42.0 Å². The van der Waals surface area contributed by atoms with E-state index in [1.54, 1.807) is 30.3 Å². The highest BCUT2D eigenvalue weighted by Crippen LogP contribution is 2.17. The first kappa shape index (κ1) is 25.2. The highest BCUT2D eigenvalue weighted by Gasteiger charge is 2.23. The molecule has 1 aliphatic heterocycles. The molecule has 0 saturated heterocycles. The number of carbonyl (C=O) groups excluding carboxylic acids is 1. The molecular formula is C25H26N6O6. The number of ether oxygens (including phenoxy) is 2. The lowest BCUT2D eigenvalue weighted by Crippen LogP contribution is -2.44. The zero-order valence-corrected chi connectivity index (χ0v) is 20.0. The van der Waals surface area contributed by atoms with E-state index in [9.17, 15) is 19.5 Å². The van der Waals surface area contributed by atoms with E-state index < -0.39 is 23.7 Å². The van der Waals surface area contributed by atoms with Crippen molar-refractivity contribution in [3.63, 3.8) is 0 Å². The number of aliphatic imine (C=N–C) groups is 1. The van der Waals surface area contributed by atoms with Crippen LogP contribution in [0.2, 0.25) is 0 Å². The number of guanidine groups is 1. The van der Waals surface area contributed by atoms with E-state index in [4.69, 9.17) is 9.47 Å². The molecule has 0 radical (unpaired) electrons. The fraction of sp³-hybridized carbons (Fsp3) is 0.240. The molecule has 0 fully saturated rings. The smallest absolute Gasteiger partial charge is 0.413 e. The number of carboxylic acid groups (broad SMARTS) is 1. The minimum absolute atomic E-state index is 0.118. The molecular weight excluding hydrogens is 480 g/mol. The quantitative estimate of drug-likeness (QED) is 0.287. The van der Waals surface area contributed by atoms with Crippen molar-refractivity contribution in [1.29, 1.82) is 0 Å². The van der Waals surface area contributed by atoms with Gasteiger partial charge in [0.1, 0.15) is 23.4 Å². The monoisotopic (exact) mass is 506 g/mol. The molecule has 12 nitrogen and oxygen atoms in total. The molecule has 5 N–H and O–H groups in total. The zero-order chi connectivity index (χ0) is 26.2. The Bertz CT molecular complexity index is 1400. The number of hydrogen-bond acceptors (Lipinski definition) is 9. The fourth-order valence-corrected chi connectivity index (χ4v) is 3.59. The number of aromatic amines is 1. The van der Waals surface area contributed by atoms with Gasteiger partial charge in [0.2, 0.25) is 0 Å². The maximum atomic E-state index is 12.7. The number of methoxy groups -OCH3 is 1. The molecule has 2 heterocycles. The second kappa shape index (κ2) is 11.7. The minimum Gasteiger partial charge on any atom is -0.497 e. The number of nitrogens with one attached hydrogen (secondary N) is 4. The van der Waals surface area contributed by atoms with Crippen molar-refractivity contribution in [2.45, 2.75) is 12.5 Å². The average Bonchev–Trinajstić information content (AvgIpc) is 3.40. The summed E-state index contributed by atoms with van der Waals surface area (Å²) in [5.41, 5.74) is 0.799. The first-order chi connectivity index (χ1) is 17.9. The maximum Gasteiger partial charge on any atom is 0.413 e. The molecule has 0 aliphatic carbocycles. The van der Waals surface area contributed by atoms with Gasteiger partial charge in [0.25, 0.3) is 5.56 Å². The summed E-state index contributed by atoms with van der Waals surface area (Å²) in [4.78, 5) is 47.9. The Hall–Kier alpha value is -4.87. The van der Waals surface area contributed by atoms with Crippen LogP contribution in [0.5, 0.6) is 11.5 Å². The van der Waals surface area contributed by atoms with Crippen LogP contribution in [-0.2, 0) is 11.2 Å². The SMILES string of the molecule is COc1ccc(OC(=O)N[C@@H](Cc2nc3ccc(C=CCNC4=NCCN4)cc3c(=O)[nH]2)C(=O)O)cc1. The first-order valence-corrected chi connectivity index (χ1v) is 11.5. The van der Waals surface area contributed by atoms with Crippen LogP contribution in [0.4, 0.5) is 4.79 Å². The van der Waals surface area contributed by atoms with Crippen molar-refractivity contribution in [2.75, 3.05) is 26.7 Å². The van der Waals surface area contributed by atoms with Crippen molar-refractivity contribution in [3.05, 3.63) is 70.3 Å². The van der Waals surface area contributed by atoms with Crippen LogP contribution in [-0.4, -0.2) is 65.9 Å². The summed E-state index contributed by atoms with van der Waals surface area (Å²) in [5.74, 6) is 0.368. The highest BCUT2D eigenvalue weighted by molar-refractivity contribution is 5.83. The van der Waals surface area contributed by atoms with Gasteiger partial charge >= 0.3 is 12.1 Å². The van der Waals surface area contributed by atoms with E-state index in [0.717, 1.165) is 24.6 Å². The molecule has 1 aromatic heterocycles. The Balaban J connectivity index is 1.40. The summed E-state index contributed by atoms with van der Waals surface area (Å²) in [6, 6.07) is 10.0. The fourth-order valence-electron chi connectivity index (χ4n) is 3.59. The van der Waals surface area contributed by atoms with E-state index in [0.29, 0.717) is 23.2 Å². The third-order valence-corrected chi connectivity index (χ3v) is 5.41. The van der Waals surface area contributed by atoms with Crippen LogP contribution in [0.3, 0.4) is 0 Å². The lowest BCUT2D eigenvalue weighted by Gasteiger charge is -2.14. The summed E-state index contributed by atoms with van der Waals surface area (Å²) >= 11 is 0. The van der Waals surface area contributed by atoms with Crippen molar-refractivity contribution in [1.82, 2.24) is 25.9 Å². The number of fused-ring (bicyclic) bond motifs is 1. The van der Waals surface area contributed by atoms with Crippen LogP contribution in [0.25, 0.3) is 17.0 Å². The van der Waals surface area contributed by atoms with Gasteiger partial charge < -0.3 is 35.5 Å². The van der Waals surface area contributed by atoms with E-state index in [-0.39, 0.29) is 18.0 Å². The van der Waals surface area contributed by atoms with Gasteiger partial charge in [-0.3, -0.25) is 9.79 Å². The number of benzene rings is 2. The van der Waals surface area contributed by atoms with Crippen LogP contribution < -0.4 is 31.0 Å². The number of aliphatic carboxylic acids is 1. The largest absolute Gasteiger partial charge is 0.497 e. The molecule has 1 aliphatic rings. The summed E-state index contributed by atoms with van der Waals surface area (Å²) in [5, 5.41) is 18.5. The van der Waals surface area contributed by atoms with Gasteiger partial charge in [0.05, 0.1) is 24.6 Å². The van der Waals surface area contributed by atoms with Crippen molar-refractivity contribution >= 4 is 35.0 Å². The van der Waals surface area contributed by atoms with Crippen LogP contribution >= 0.6 is 0 Å². The van der Waals surface area contributed by atoms with Crippen LogP contribution in [0.1, 0.15) is 11.4 Å². The molecule has 0 spiro atoms. The standard InChI is InChI=1S/C25H26N6O6/c1-36-16-5-7-17(8-6-16)37-25(35)30-20(23(33)34)14-21-29-19-9-4-15(13-18(19)22(32)31-21)3-2-10-26-24-27-11-12-28-24/h2-9,13,20H,10-12,14H2,1H3,(H,30,35)(H,33,34)(H2,26,27,28)(H,29,31,32)/t20-/m0/s1. The van der Waals surface area contributed by atoms with Gasteiger partial charge in [0, 0.05) is 19.5 Å². The lowest BCUT2D eigenvalue weighted by molar-refractivity contribution is -0.139. The highest BCUT2D eigenvalue weighted by atomic mass is 16.6. The molecule has 0 saturated carbocycles. The predicted octanol–water partition coefficient (Wildman–Crippen LogP) is 1.28. The molecule has 0 bridgehead atoms. The number of rotatable bonds is 9. The van der Waals surface area contributed by atoms with Crippen molar-refractivity contribution in [2.24, 2.45) is 4.99 Å². The number of hydrogen-bond donors (Lipinski definition) is 5. The van der Waals surface area contributed by atoms with Crippen LogP contribution in [0, 0.1) is 0 Å². The number of nitrogens with zero attached hydrogens (tertiary/aromatic N) is 2. The Morgan fingerprint density at radius 2 is 1.97 bits per heavy atom. The normalized spacial score (nSPS) is 13.6. The van der Waals surface area contributed by atoms with E-state index in [2.05, 4.69) is 30.9 Å². The maximum absolute atomic E-state index is 12.7. The lowest BCUT2D eigenvalue weighted by atomic mass is 10.1. The molecule has 192 valence electrons. The van der Waals surface area contributed by atoms with Crippen molar-refractivity contribution < 1.29 is 24.2 Å². The summed E-state index contributed by atoms with van der Waals surface area (Å²) in [6.45, 7) is 2.15. The third kappa shape index (κ3) is 6.84. The van der Waals surface area contributed by atoms with E-state index in [1.165, 1.54) is 19.2 Å². The molecule has 12 heteroatoms. The second-order valence-electron chi connectivity index (χ2n) is 8.03. The van der Waals surface area contributed by atoms with Gasteiger partial charge in [0.15, 0.2) is 5.96 Å². The zero-order valence-electron chi connectivity index (χ0n) is 20.0. The average molecular weight is 507 g/mol. The number of carbonyl (C=O) groups is 2. The summed E-state index contributed by atoms with van der Waals surface area (Å²) in [6.07, 6.45) is 2.58. The third-order valence-electron chi connectivity index (χ3n) is 5.41. The first-order valence-electron chi connectivity index (χ1n) is 11.5. The number of aromatic nitrogens is 2. The minimum atomic E-state index is -1.37. The molecule has 0 unspecified atom stereocenters. The number of amides is 1. The predicted molar refractivity (Wildman–Crippen MR) is 137 cm³/mol.